The van der Waals surface area contributed by atoms with Crippen molar-refractivity contribution in [3.05, 3.63) is 0 Å². The first-order chi connectivity index (χ1) is 8.00. The van der Waals surface area contributed by atoms with Crippen molar-refractivity contribution in [1.82, 2.24) is 9.62 Å². The van der Waals surface area contributed by atoms with Gasteiger partial charge in [0.1, 0.15) is 0 Å². The molecular formula is C11H24N2O3S. The first-order valence-corrected chi connectivity index (χ1v) is 7.75. The lowest BCUT2D eigenvalue weighted by Crippen LogP contribution is -2.46. The van der Waals surface area contributed by atoms with E-state index < -0.39 is 10.0 Å². The minimum Gasteiger partial charge on any atom is -0.381 e. The molecule has 0 radical (unpaired) electrons. The third-order valence-corrected chi connectivity index (χ3v) is 5.58. The van der Waals surface area contributed by atoms with Crippen LogP contribution in [0.2, 0.25) is 0 Å². The molecule has 0 aliphatic carbocycles. The van der Waals surface area contributed by atoms with Crippen molar-refractivity contribution in [1.29, 1.82) is 0 Å². The van der Waals surface area contributed by atoms with E-state index in [-0.39, 0.29) is 11.3 Å². The molecule has 0 saturated carbocycles. The smallest absolute Gasteiger partial charge is 0.217 e. The molecule has 102 valence electrons. The highest BCUT2D eigenvalue weighted by atomic mass is 32.2. The van der Waals surface area contributed by atoms with E-state index in [1.54, 1.807) is 14.0 Å². The maximum atomic E-state index is 12.3. The van der Waals surface area contributed by atoms with Gasteiger partial charge in [0, 0.05) is 32.8 Å². The first-order valence-electron chi connectivity index (χ1n) is 6.25. The standard InChI is InChI=1S/C11H24N2O3S/c1-4-12-9-10(2)17(14,15)13(3)11-5-7-16-8-6-11/h10-12H,4-9H2,1-3H3. The Balaban J connectivity index is 2.61. The number of nitrogens with one attached hydrogen (secondary N) is 1. The van der Waals surface area contributed by atoms with Gasteiger partial charge in [-0.2, -0.15) is 0 Å². The summed E-state index contributed by atoms with van der Waals surface area (Å²) in [6.45, 7) is 6.35. The highest BCUT2D eigenvalue weighted by molar-refractivity contribution is 7.89. The lowest BCUT2D eigenvalue weighted by molar-refractivity contribution is 0.0630. The molecule has 0 aromatic carbocycles. The Bertz CT molecular complexity index is 313. The van der Waals surface area contributed by atoms with E-state index in [2.05, 4.69) is 5.32 Å². The summed E-state index contributed by atoms with van der Waals surface area (Å²) in [4.78, 5) is 0. The molecule has 1 atom stereocenters. The van der Waals surface area contributed by atoms with Crippen molar-refractivity contribution in [3.63, 3.8) is 0 Å². The van der Waals surface area contributed by atoms with E-state index in [0.717, 1.165) is 19.4 Å². The van der Waals surface area contributed by atoms with Crippen molar-refractivity contribution in [2.75, 3.05) is 33.4 Å². The van der Waals surface area contributed by atoms with Crippen LogP contribution in [0, 0.1) is 0 Å². The zero-order chi connectivity index (χ0) is 12.9. The summed E-state index contributed by atoms with van der Waals surface area (Å²) in [6, 6.07) is 0.0952. The minimum atomic E-state index is -3.20. The van der Waals surface area contributed by atoms with Gasteiger partial charge < -0.3 is 10.1 Å². The van der Waals surface area contributed by atoms with Gasteiger partial charge in [0.2, 0.25) is 10.0 Å². The quantitative estimate of drug-likeness (QED) is 0.755. The van der Waals surface area contributed by atoms with Gasteiger partial charge in [-0.05, 0) is 26.3 Å². The Labute approximate surface area is 105 Å². The molecule has 0 amide bonds. The van der Waals surface area contributed by atoms with Gasteiger partial charge in [0.15, 0.2) is 0 Å². The molecule has 6 heteroatoms. The van der Waals surface area contributed by atoms with Gasteiger partial charge in [0.05, 0.1) is 5.25 Å². The van der Waals surface area contributed by atoms with Gasteiger partial charge in [-0.25, -0.2) is 12.7 Å². The molecule has 0 aromatic rings. The number of nitrogens with zero attached hydrogens (tertiary/aromatic N) is 1. The third-order valence-electron chi connectivity index (χ3n) is 3.30. The van der Waals surface area contributed by atoms with Crippen LogP contribution in [0.1, 0.15) is 26.7 Å². The fourth-order valence-electron chi connectivity index (χ4n) is 1.99. The van der Waals surface area contributed by atoms with Crippen LogP contribution in [0.3, 0.4) is 0 Å². The zero-order valence-corrected chi connectivity index (χ0v) is 11.8. The van der Waals surface area contributed by atoms with Crippen molar-refractivity contribution < 1.29 is 13.2 Å². The van der Waals surface area contributed by atoms with Crippen LogP contribution in [0.15, 0.2) is 0 Å². The monoisotopic (exact) mass is 264 g/mol. The Morgan fingerprint density at radius 1 is 1.41 bits per heavy atom. The molecule has 0 aromatic heterocycles. The average molecular weight is 264 g/mol. The highest BCUT2D eigenvalue weighted by Gasteiger charge is 2.31. The van der Waals surface area contributed by atoms with E-state index in [1.807, 2.05) is 6.92 Å². The summed E-state index contributed by atoms with van der Waals surface area (Å²) in [6.07, 6.45) is 1.59. The Kier molecular flexibility index (Phi) is 5.85. The average Bonchev–Trinajstić information content (AvgIpc) is 2.35. The largest absolute Gasteiger partial charge is 0.381 e. The molecule has 1 rings (SSSR count). The summed E-state index contributed by atoms with van der Waals surface area (Å²) in [5.41, 5.74) is 0. The fraction of sp³-hybridized carbons (Fsp3) is 1.00. The predicted octanol–water partition coefficient (Wildman–Crippen LogP) is 0.425. The van der Waals surface area contributed by atoms with Gasteiger partial charge in [-0.1, -0.05) is 6.92 Å². The Morgan fingerprint density at radius 3 is 2.53 bits per heavy atom. The number of rotatable bonds is 6. The van der Waals surface area contributed by atoms with E-state index in [9.17, 15) is 8.42 Å². The molecule has 1 heterocycles. The molecule has 0 bridgehead atoms. The van der Waals surface area contributed by atoms with Crippen molar-refractivity contribution in [3.8, 4) is 0 Å². The first kappa shape index (κ1) is 14.9. The lowest BCUT2D eigenvalue weighted by Gasteiger charge is -2.32. The van der Waals surface area contributed by atoms with Gasteiger partial charge in [0.25, 0.3) is 0 Å². The van der Waals surface area contributed by atoms with Gasteiger partial charge in [-0.15, -0.1) is 0 Å². The number of ether oxygens (including phenoxy) is 1. The van der Waals surface area contributed by atoms with Crippen molar-refractivity contribution in [2.24, 2.45) is 0 Å². The van der Waals surface area contributed by atoms with E-state index in [1.165, 1.54) is 4.31 Å². The van der Waals surface area contributed by atoms with Crippen LogP contribution in [0.4, 0.5) is 0 Å². The molecular weight excluding hydrogens is 240 g/mol. The van der Waals surface area contributed by atoms with Crippen LogP contribution in [0.25, 0.3) is 0 Å². The summed E-state index contributed by atoms with van der Waals surface area (Å²) in [5.74, 6) is 0. The highest BCUT2D eigenvalue weighted by Crippen LogP contribution is 2.18. The maximum absolute atomic E-state index is 12.3. The molecule has 1 fully saturated rings. The summed E-state index contributed by atoms with van der Waals surface area (Å²) >= 11 is 0. The molecule has 5 nitrogen and oxygen atoms in total. The zero-order valence-electron chi connectivity index (χ0n) is 11.0. The topological polar surface area (TPSA) is 58.6 Å². The number of sulfonamides is 1. The van der Waals surface area contributed by atoms with Gasteiger partial charge >= 0.3 is 0 Å². The summed E-state index contributed by atoms with van der Waals surface area (Å²) < 4.78 is 31.4. The second-order valence-corrected chi connectivity index (χ2v) is 6.93. The van der Waals surface area contributed by atoms with E-state index in [4.69, 9.17) is 4.74 Å². The van der Waals surface area contributed by atoms with Crippen LogP contribution in [0.5, 0.6) is 0 Å². The van der Waals surface area contributed by atoms with Crippen LogP contribution < -0.4 is 5.32 Å². The van der Waals surface area contributed by atoms with Crippen LogP contribution in [-0.2, 0) is 14.8 Å². The SMILES string of the molecule is CCNCC(C)S(=O)(=O)N(C)C1CCOCC1. The lowest BCUT2D eigenvalue weighted by atomic mass is 10.1. The molecule has 1 saturated heterocycles. The number of hydrogen-bond donors (Lipinski definition) is 1. The Morgan fingerprint density at radius 2 is 2.00 bits per heavy atom. The minimum absolute atomic E-state index is 0.0952. The fourth-order valence-corrected chi connectivity index (χ4v) is 3.52. The maximum Gasteiger partial charge on any atom is 0.217 e. The molecule has 1 aliphatic rings. The van der Waals surface area contributed by atoms with Crippen molar-refractivity contribution in [2.45, 2.75) is 38.0 Å². The number of hydrogen-bond acceptors (Lipinski definition) is 4. The molecule has 1 N–H and O–H groups in total. The molecule has 1 aliphatic heterocycles. The molecule has 17 heavy (non-hydrogen) atoms. The van der Waals surface area contributed by atoms with Crippen LogP contribution >= 0.6 is 0 Å². The van der Waals surface area contributed by atoms with E-state index >= 15 is 0 Å². The van der Waals surface area contributed by atoms with Gasteiger partial charge in [-0.3, -0.25) is 0 Å². The summed E-state index contributed by atoms with van der Waals surface area (Å²) in [7, 11) is -1.51. The van der Waals surface area contributed by atoms with Crippen LogP contribution in [-0.4, -0.2) is 57.4 Å². The molecule has 0 spiro atoms. The van der Waals surface area contributed by atoms with Crippen molar-refractivity contribution >= 4 is 10.0 Å². The third kappa shape index (κ3) is 3.91. The predicted molar refractivity (Wildman–Crippen MR) is 68.5 cm³/mol. The normalized spacial score (nSPS) is 20.7. The second-order valence-electron chi connectivity index (χ2n) is 4.52. The summed E-state index contributed by atoms with van der Waals surface area (Å²) in [5, 5.41) is 2.70. The Hall–Kier alpha value is -0.170. The van der Waals surface area contributed by atoms with E-state index in [0.29, 0.717) is 19.8 Å². The molecule has 1 unspecified atom stereocenters. The second kappa shape index (κ2) is 6.68.